The minimum absolute atomic E-state index is 0.316. The van der Waals surface area contributed by atoms with Crippen LogP contribution in [0.2, 0.25) is 0 Å². The molecular formula is C12H10N2O3S. The van der Waals surface area contributed by atoms with Crippen LogP contribution in [0.1, 0.15) is 21.3 Å². The summed E-state index contributed by atoms with van der Waals surface area (Å²) in [6.45, 7) is 0. The Kier molecular flexibility index (Phi) is 3.81. The lowest BCUT2D eigenvalue weighted by Crippen LogP contribution is -2.34. The van der Waals surface area contributed by atoms with Crippen molar-refractivity contribution in [2.75, 3.05) is 0 Å². The topological polar surface area (TPSA) is 79.3 Å². The fourth-order valence-electron chi connectivity index (χ4n) is 1.33. The van der Waals surface area contributed by atoms with E-state index in [0.717, 1.165) is 0 Å². The zero-order chi connectivity index (χ0) is 13.0. The van der Waals surface area contributed by atoms with E-state index in [2.05, 4.69) is 10.3 Å². The van der Waals surface area contributed by atoms with E-state index in [1.165, 1.54) is 35.9 Å². The van der Waals surface area contributed by atoms with Crippen LogP contribution in [0.15, 0.2) is 42.0 Å². The predicted octanol–water partition coefficient (Wildman–Crippen LogP) is 1.13. The summed E-state index contributed by atoms with van der Waals surface area (Å²) in [7, 11) is 0. The number of carbonyl (C=O) groups is 2. The normalized spacial score (nSPS) is 11.8. The lowest BCUT2D eigenvalue weighted by Gasteiger charge is -2.08. The third-order valence-corrected chi connectivity index (χ3v) is 3.16. The quantitative estimate of drug-likeness (QED) is 0.869. The van der Waals surface area contributed by atoms with E-state index < -0.39 is 17.9 Å². The molecule has 18 heavy (non-hydrogen) atoms. The minimum Gasteiger partial charge on any atom is -0.378 e. The number of hydrogen-bond donors (Lipinski definition) is 2. The maximum atomic E-state index is 11.7. The molecule has 92 valence electrons. The Morgan fingerprint density at radius 3 is 2.61 bits per heavy atom. The number of aliphatic hydroxyl groups excluding tert-OH is 1. The monoisotopic (exact) mass is 262 g/mol. The van der Waals surface area contributed by atoms with E-state index in [-0.39, 0.29) is 0 Å². The predicted molar refractivity (Wildman–Crippen MR) is 66.0 cm³/mol. The Bertz CT molecular complexity index is 540. The molecule has 5 nitrogen and oxygen atoms in total. The van der Waals surface area contributed by atoms with Crippen LogP contribution < -0.4 is 5.32 Å². The molecule has 0 bridgehead atoms. The summed E-state index contributed by atoms with van der Waals surface area (Å²) in [5.41, 5.74) is 0.316. The van der Waals surface area contributed by atoms with Gasteiger partial charge in [-0.2, -0.15) is 0 Å². The maximum Gasteiger partial charge on any atom is 0.261 e. The van der Waals surface area contributed by atoms with Crippen LogP contribution in [-0.4, -0.2) is 21.9 Å². The second kappa shape index (κ2) is 5.52. The third-order valence-electron chi connectivity index (χ3n) is 2.24. The number of amides is 2. The van der Waals surface area contributed by atoms with Gasteiger partial charge in [0.25, 0.3) is 11.8 Å². The number of rotatable bonds is 3. The zero-order valence-corrected chi connectivity index (χ0v) is 10.1. The van der Waals surface area contributed by atoms with Gasteiger partial charge in [0, 0.05) is 22.8 Å². The summed E-state index contributed by atoms with van der Waals surface area (Å²) < 4.78 is 0. The molecule has 0 fully saturated rings. The van der Waals surface area contributed by atoms with Gasteiger partial charge in [-0.05, 0) is 23.6 Å². The van der Waals surface area contributed by atoms with Crippen LogP contribution in [0.3, 0.4) is 0 Å². The van der Waals surface area contributed by atoms with Gasteiger partial charge in [0.05, 0.1) is 0 Å². The largest absolute Gasteiger partial charge is 0.378 e. The van der Waals surface area contributed by atoms with Gasteiger partial charge in [0.15, 0.2) is 6.10 Å². The van der Waals surface area contributed by atoms with Gasteiger partial charge in [-0.3, -0.25) is 19.9 Å². The summed E-state index contributed by atoms with van der Waals surface area (Å²) in [6.07, 6.45) is 1.58. The van der Waals surface area contributed by atoms with Crippen molar-refractivity contribution in [1.29, 1.82) is 0 Å². The molecule has 2 heterocycles. The van der Waals surface area contributed by atoms with Crippen molar-refractivity contribution in [3.8, 4) is 0 Å². The van der Waals surface area contributed by atoms with E-state index in [0.29, 0.717) is 10.4 Å². The van der Waals surface area contributed by atoms with Crippen molar-refractivity contribution in [3.05, 3.63) is 52.5 Å². The molecule has 0 aliphatic carbocycles. The Hall–Kier alpha value is -2.05. The highest BCUT2D eigenvalue weighted by Crippen LogP contribution is 2.18. The zero-order valence-electron chi connectivity index (χ0n) is 9.24. The van der Waals surface area contributed by atoms with E-state index >= 15 is 0 Å². The van der Waals surface area contributed by atoms with E-state index in [9.17, 15) is 14.7 Å². The Morgan fingerprint density at radius 1 is 1.28 bits per heavy atom. The molecule has 0 spiro atoms. The van der Waals surface area contributed by atoms with Gasteiger partial charge in [-0.25, -0.2) is 0 Å². The highest BCUT2D eigenvalue weighted by atomic mass is 32.1. The number of thiophene rings is 1. The standard InChI is InChI=1S/C12H10N2O3S/c15-10(9-2-1-7-18-9)12(17)14-11(16)8-3-5-13-6-4-8/h1-7,10,15H,(H,14,16,17). The van der Waals surface area contributed by atoms with Crippen molar-refractivity contribution in [3.63, 3.8) is 0 Å². The van der Waals surface area contributed by atoms with E-state index in [1.54, 1.807) is 17.5 Å². The number of nitrogens with zero attached hydrogens (tertiary/aromatic N) is 1. The van der Waals surface area contributed by atoms with Crippen molar-refractivity contribution in [2.45, 2.75) is 6.10 Å². The Labute approximate surface area is 107 Å². The van der Waals surface area contributed by atoms with Crippen LogP contribution in [0.25, 0.3) is 0 Å². The molecule has 0 aliphatic heterocycles. The Morgan fingerprint density at radius 2 is 2.00 bits per heavy atom. The van der Waals surface area contributed by atoms with Crippen molar-refractivity contribution >= 4 is 23.2 Å². The average Bonchev–Trinajstić information content (AvgIpc) is 2.92. The smallest absolute Gasteiger partial charge is 0.261 e. The van der Waals surface area contributed by atoms with Gasteiger partial charge in [0.2, 0.25) is 0 Å². The number of pyridine rings is 1. The van der Waals surface area contributed by atoms with Crippen molar-refractivity contribution in [1.82, 2.24) is 10.3 Å². The summed E-state index contributed by atoms with van der Waals surface area (Å²) >= 11 is 1.25. The molecule has 2 amide bonds. The van der Waals surface area contributed by atoms with Gasteiger partial charge in [-0.1, -0.05) is 6.07 Å². The SMILES string of the molecule is O=C(NC(=O)C(O)c1cccs1)c1ccncc1. The molecule has 1 unspecified atom stereocenters. The molecule has 0 radical (unpaired) electrons. The maximum absolute atomic E-state index is 11.7. The molecule has 2 rings (SSSR count). The Balaban J connectivity index is 2.02. The molecule has 2 aromatic heterocycles. The molecule has 1 atom stereocenters. The third kappa shape index (κ3) is 2.79. The van der Waals surface area contributed by atoms with E-state index in [4.69, 9.17) is 0 Å². The van der Waals surface area contributed by atoms with Crippen LogP contribution in [0, 0.1) is 0 Å². The second-order valence-electron chi connectivity index (χ2n) is 3.47. The summed E-state index contributed by atoms with van der Waals surface area (Å²) in [6, 6.07) is 6.33. The van der Waals surface area contributed by atoms with Crippen LogP contribution in [0.5, 0.6) is 0 Å². The van der Waals surface area contributed by atoms with Crippen LogP contribution in [0.4, 0.5) is 0 Å². The highest BCUT2D eigenvalue weighted by molar-refractivity contribution is 7.10. The van der Waals surface area contributed by atoms with Crippen molar-refractivity contribution < 1.29 is 14.7 Å². The minimum atomic E-state index is -1.32. The average molecular weight is 262 g/mol. The first-order chi connectivity index (χ1) is 8.68. The lowest BCUT2D eigenvalue weighted by molar-refractivity contribution is -0.128. The molecular weight excluding hydrogens is 252 g/mol. The number of imide groups is 1. The molecule has 0 aromatic carbocycles. The lowest BCUT2D eigenvalue weighted by atomic mass is 10.2. The first-order valence-electron chi connectivity index (χ1n) is 5.15. The molecule has 0 saturated carbocycles. The molecule has 6 heteroatoms. The number of hydrogen-bond acceptors (Lipinski definition) is 5. The number of aromatic nitrogens is 1. The summed E-state index contributed by atoms with van der Waals surface area (Å²) in [5, 5.41) is 13.6. The fourth-order valence-corrected chi connectivity index (χ4v) is 2.04. The molecule has 2 N–H and O–H groups in total. The van der Waals surface area contributed by atoms with Gasteiger partial charge in [-0.15, -0.1) is 11.3 Å². The molecule has 0 saturated heterocycles. The first kappa shape index (κ1) is 12.4. The molecule has 0 aliphatic rings. The van der Waals surface area contributed by atoms with Gasteiger partial charge in [0.1, 0.15) is 0 Å². The fraction of sp³-hybridized carbons (Fsp3) is 0.0833. The summed E-state index contributed by atoms with van der Waals surface area (Å²) in [4.78, 5) is 27.6. The number of nitrogens with one attached hydrogen (secondary N) is 1. The number of carbonyl (C=O) groups excluding carboxylic acids is 2. The van der Waals surface area contributed by atoms with Crippen molar-refractivity contribution in [2.24, 2.45) is 0 Å². The van der Waals surface area contributed by atoms with E-state index in [1.807, 2.05) is 0 Å². The number of aliphatic hydroxyl groups is 1. The highest BCUT2D eigenvalue weighted by Gasteiger charge is 2.20. The van der Waals surface area contributed by atoms with Gasteiger partial charge < -0.3 is 5.11 Å². The van der Waals surface area contributed by atoms with Crippen LogP contribution >= 0.6 is 11.3 Å². The first-order valence-corrected chi connectivity index (χ1v) is 6.03. The second-order valence-corrected chi connectivity index (χ2v) is 4.45. The van der Waals surface area contributed by atoms with Crippen LogP contribution in [-0.2, 0) is 4.79 Å². The van der Waals surface area contributed by atoms with Gasteiger partial charge >= 0.3 is 0 Å². The summed E-state index contributed by atoms with van der Waals surface area (Å²) in [5.74, 6) is -1.29. The molecule has 2 aromatic rings.